The van der Waals surface area contributed by atoms with Crippen molar-refractivity contribution in [1.29, 1.82) is 0 Å². The maximum absolute atomic E-state index is 5.08. The predicted octanol–water partition coefficient (Wildman–Crippen LogP) is 1.35. The lowest BCUT2D eigenvalue weighted by atomic mass is 10.3. The third-order valence-corrected chi connectivity index (χ3v) is 1.52. The zero-order valence-corrected chi connectivity index (χ0v) is 4.61. The molecule has 40 valence electrons. The van der Waals surface area contributed by atoms with Crippen molar-refractivity contribution >= 4 is 0 Å². The Labute approximate surface area is 44.0 Å². The van der Waals surface area contributed by atoms with Gasteiger partial charge in [-0.2, -0.15) is 0 Å². The third-order valence-electron chi connectivity index (χ3n) is 1.52. The van der Waals surface area contributed by atoms with Gasteiger partial charge in [0.25, 0.3) is 0 Å². The largest absolute Gasteiger partial charge is 0.374 e. The minimum absolute atomic E-state index is 0.0972. The molecule has 0 radical (unpaired) electrons. The van der Waals surface area contributed by atoms with Gasteiger partial charge < -0.3 is 4.74 Å². The van der Waals surface area contributed by atoms with Crippen LogP contribution in [0.3, 0.4) is 0 Å². The summed E-state index contributed by atoms with van der Waals surface area (Å²) in [4.78, 5) is 0. The van der Waals surface area contributed by atoms with Crippen LogP contribution in [0.1, 0.15) is 12.8 Å². The maximum Gasteiger partial charge on any atom is 0.0858 e. The van der Waals surface area contributed by atoms with E-state index in [0.29, 0.717) is 0 Å². The lowest BCUT2D eigenvalue weighted by molar-refractivity contribution is 0.121. The highest BCUT2D eigenvalue weighted by Crippen LogP contribution is 2.39. The standard InChI is InChI=1S/C6H10O/c1-3-6(7-2)4-5-6/h3H,1,4-5H2,2H3. The molecule has 0 atom stereocenters. The Morgan fingerprint density at radius 1 is 1.71 bits per heavy atom. The van der Waals surface area contributed by atoms with E-state index in [2.05, 4.69) is 6.58 Å². The molecule has 0 spiro atoms. The molecule has 0 saturated heterocycles. The SMILES string of the molecule is C=CC1(OC)CC1. The Balaban J connectivity index is 2.42. The monoisotopic (exact) mass is 98.1 g/mol. The molecule has 1 heteroatoms. The number of rotatable bonds is 2. The van der Waals surface area contributed by atoms with Gasteiger partial charge in [0.1, 0.15) is 0 Å². The molecule has 1 saturated carbocycles. The van der Waals surface area contributed by atoms with E-state index < -0.39 is 0 Å². The zero-order chi connectivity index (χ0) is 5.33. The number of hydrogen-bond donors (Lipinski definition) is 0. The Morgan fingerprint density at radius 2 is 2.29 bits per heavy atom. The summed E-state index contributed by atoms with van der Waals surface area (Å²) in [5.74, 6) is 0. The second-order valence-corrected chi connectivity index (χ2v) is 1.97. The van der Waals surface area contributed by atoms with Gasteiger partial charge in [-0.05, 0) is 12.8 Å². The second-order valence-electron chi connectivity index (χ2n) is 1.97. The van der Waals surface area contributed by atoms with Crippen molar-refractivity contribution in [3.05, 3.63) is 12.7 Å². The van der Waals surface area contributed by atoms with Crippen LogP contribution in [0, 0.1) is 0 Å². The van der Waals surface area contributed by atoms with Crippen LogP contribution in [-0.4, -0.2) is 12.7 Å². The molecule has 0 aromatic heterocycles. The highest BCUT2D eigenvalue weighted by atomic mass is 16.5. The molecular formula is C6H10O. The summed E-state index contributed by atoms with van der Waals surface area (Å²) in [7, 11) is 1.73. The van der Waals surface area contributed by atoms with Crippen LogP contribution in [0.25, 0.3) is 0 Å². The third kappa shape index (κ3) is 0.682. The summed E-state index contributed by atoms with van der Waals surface area (Å²) in [6, 6.07) is 0. The summed E-state index contributed by atoms with van der Waals surface area (Å²) < 4.78 is 5.08. The molecule has 1 nitrogen and oxygen atoms in total. The van der Waals surface area contributed by atoms with Gasteiger partial charge in [0.2, 0.25) is 0 Å². The summed E-state index contributed by atoms with van der Waals surface area (Å²) in [6.45, 7) is 3.64. The minimum Gasteiger partial charge on any atom is -0.374 e. The van der Waals surface area contributed by atoms with E-state index in [1.807, 2.05) is 6.08 Å². The van der Waals surface area contributed by atoms with Gasteiger partial charge in [-0.15, -0.1) is 6.58 Å². The average Bonchev–Trinajstić information content (AvgIpc) is 2.46. The van der Waals surface area contributed by atoms with Crippen LogP contribution in [0.5, 0.6) is 0 Å². The molecule has 1 fully saturated rings. The fourth-order valence-electron chi connectivity index (χ4n) is 0.615. The van der Waals surface area contributed by atoms with Crippen LogP contribution >= 0.6 is 0 Å². The summed E-state index contributed by atoms with van der Waals surface area (Å²) >= 11 is 0. The average molecular weight is 98.1 g/mol. The molecular weight excluding hydrogens is 88.1 g/mol. The summed E-state index contributed by atoms with van der Waals surface area (Å²) in [5, 5.41) is 0. The first-order valence-electron chi connectivity index (χ1n) is 2.52. The van der Waals surface area contributed by atoms with Crippen LogP contribution in [-0.2, 0) is 4.74 Å². The summed E-state index contributed by atoms with van der Waals surface area (Å²) in [6.07, 6.45) is 4.20. The van der Waals surface area contributed by atoms with E-state index in [9.17, 15) is 0 Å². The maximum atomic E-state index is 5.08. The first kappa shape index (κ1) is 4.85. The van der Waals surface area contributed by atoms with Gasteiger partial charge in [0, 0.05) is 7.11 Å². The van der Waals surface area contributed by atoms with Crippen LogP contribution in [0.4, 0.5) is 0 Å². The number of hydrogen-bond acceptors (Lipinski definition) is 1. The molecule has 0 amide bonds. The molecule has 0 aliphatic heterocycles. The molecule has 1 rings (SSSR count). The van der Waals surface area contributed by atoms with E-state index in [4.69, 9.17) is 4.74 Å². The van der Waals surface area contributed by atoms with E-state index >= 15 is 0 Å². The Morgan fingerprint density at radius 3 is 2.29 bits per heavy atom. The van der Waals surface area contributed by atoms with E-state index in [1.165, 1.54) is 0 Å². The summed E-state index contributed by atoms with van der Waals surface area (Å²) in [5.41, 5.74) is 0.0972. The van der Waals surface area contributed by atoms with Gasteiger partial charge >= 0.3 is 0 Å². The first-order chi connectivity index (χ1) is 3.33. The highest BCUT2D eigenvalue weighted by molar-refractivity contribution is 5.08. The van der Waals surface area contributed by atoms with E-state index in [0.717, 1.165) is 12.8 Å². The molecule has 0 aromatic carbocycles. The van der Waals surface area contributed by atoms with Crippen molar-refractivity contribution < 1.29 is 4.74 Å². The van der Waals surface area contributed by atoms with Crippen LogP contribution in [0.2, 0.25) is 0 Å². The van der Waals surface area contributed by atoms with E-state index in [1.54, 1.807) is 7.11 Å². The van der Waals surface area contributed by atoms with Gasteiger partial charge in [0.05, 0.1) is 5.60 Å². The Kier molecular flexibility index (Phi) is 0.927. The fraction of sp³-hybridized carbons (Fsp3) is 0.667. The van der Waals surface area contributed by atoms with Crippen molar-refractivity contribution in [2.75, 3.05) is 7.11 Å². The predicted molar refractivity (Wildman–Crippen MR) is 29.2 cm³/mol. The van der Waals surface area contributed by atoms with Crippen molar-refractivity contribution in [2.24, 2.45) is 0 Å². The zero-order valence-electron chi connectivity index (χ0n) is 4.61. The van der Waals surface area contributed by atoms with Crippen molar-refractivity contribution in [1.82, 2.24) is 0 Å². The fourth-order valence-corrected chi connectivity index (χ4v) is 0.615. The quantitative estimate of drug-likeness (QED) is 0.474. The lowest BCUT2D eigenvalue weighted by Gasteiger charge is -2.02. The minimum atomic E-state index is 0.0972. The van der Waals surface area contributed by atoms with Gasteiger partial charge in [-0.1, -0.05) is 6.08 Å². The molecule has 1 aliphatic carbocycles. The lowest BCUT2D eigenvalue weighted by Crippen LogP contribution is -2.04. The molecule has 7 heavy (non-hydrogen) atoms. The highest BCUT2D eigenvalue weighted by Gasteiger charge is 2.39. The van der Waals surface area contributed by atoms with E-state index in [-0.39, 0.29) is 5.60 Å². The molecule has 0 N–H and O–H groups in total. The number of methoxy groups -OCH3 is 1. The molecule has 0 heterocycles. The Bertz CT molecular complexity index is 82.2. The van der Waals surface area contributed by atoms with Gasteiger partial charge in [-0.3, -0.25) is 0 Å². The van der Waals surface area contributed by atoms with Gasteiger partial charge in [0.15, 0.2) is 0 Å². The van der Waals surface area contributed by atoms with Crippen LogP contribution in [0.15, 0.2) is 12.7 Å². The number of ether oxygens (including phenoxy) is 1. The van der Waals surface area contributed by atoms with Crippen molar-refractivity contribution in [3.63, 3.8) is 0 Å². The van der Waals surface area contributed by atoms with Crippen molar-refractivity contribution in [2.45, 2.75) is 18.4 Å². The van der Waals surface area contributed by atoms with Crippen LogP contribution < -0.4 is 0 Å². The topological polar surface area (TPSA) is 9.23 Å². The van der Waals surface area contributed by atoms with Gasteiger partial charge in [-0.25, -0.2) is 0 Å². The molecule has 1 aliphatic rings. The normalized spacial score (nSPS) is 24.1. The second kappa shape index (κ2) is 1.34. The smallest absolute Gasteiger partial charge is 0.0858 e. The first-order valence-corrected chi connectivity index (χ1v) is 2.52. The molecule has 0 bridgehead atoms. The Hall–Kier alpha value is -0.300. The molecule has 0 unspecified atom stereocenters. The van der Waals surface area contributed by atoms with Crippen molar-refractivity contribution in [3.8, 4) is 0 Å². The molecule has 0 aromatic rings.